The number of hydrogen-bond acceptors (Lipinski definition) is 8. The van der Waals surface area contributed by atoms with E-state index in [2.05, 4.69) is 6.92 Å². The van der Waals surface area contributed by atoms with Crippen LogP contribution >= 0.6 is 0 Å². The van der Waals surface area contributed by atoms with Crippen molar-refractivity contribution in [2.24, 2.45) is 17.3 Å². The Morgan fingerprint density at radius 3 is 2.71 bits per heavy atom. The highest BCUT2D eigenvalue weighted by atomic mass is 16.8. The maximum atomic E-state index is 12.2. The fraction of sp³-hybridized carbons (Fsp3) is 0.773. The lowest BCUT2D eigenvalue weighted by Crippen LogP contribution is -2.70. The molecular weight excluding hydrogens is 408 g/mol. The zero-order chi connectivity index (χ0) is 21.7. The number of esters is 2. The molecular formula is C22H24O9. The summed E-state index contributed by atoms with van der Waals surface area (Å²) in [6.07, 6.45) is 0.0904. The zero-order valence-corrected chi connectivity index (χ0v) is 17.5. The lowest BCUT2D eigenvalue weighted by molar-refractivity contribution is -0.171. The minimum atomic E-state index is -1.15. The molecule has 5 fully saturated rings. The Labute approximate surface area is 178 Å². The molecule has 7 aliphatic rings. The van der Waals surface area contributed by atoms with E-state index in [1.54, 1.807) is 6.92 Å². The van der Waals surface area contributed by atoms with Crippen molar-refractivity contribution in [3.05, 3.63) is 11.1 Å². The van der Waals surface area contributed by atoms with Crippen LogP contribution in [0.15, 0.2) is 11.1 Å². The van der Waals surface area contributed by atoms with Crippen LogP contribution in [0.1, 0.15) is 40.0 Å². The molecule has 9 heteroatoms. The standard InChI is InChI=1S/C22H24O9/c1-8(16(24)25)20-14(30-20)15-22(31-15)19(3)5-4-10-11(7-27-17(10)26)12(19)6-13-21(22,29-13)18(20)28-9(2)23/h8,12-15,18H,4-7H2,1-3H3,(H,24,25)/t8?,12-,13-,14-,15-,18+,19-,20-,21+,22+/m0/s1. The SMILES string of the molecule is CC(=O)O[C@@H]1[C@@]2(C(C)C(=O)O)O[C@H]2[C@@H]2O[C@]23[C@]12O[C@H]2C[C@H]1C2=C(CC[C@@]13C)C(=O)OC2. The van der Waals surface area contributed by atoms with Crippen LogP contribution in [0.4, 0.5) is 0 Å². The minimum Gasteiger partial charge on any atom is -0.481 e. The Morgan fingerprint density at radius 1 is 1.23 bits per heavy atom. The number of cyclic esters (lactones) is 1. The van der Waals surface area contributed by atoms with Gasteiger partial charge < -0.3 is 28.8 Å². The van der Waals surface area contributed by atoms with Crippen LogP contribution in [0.25, 0.3) is 0 Å². The van der Waals surface area contributed by atoms with E-state index in [-0.39, 0.29) is 29.5 Å². The summed E-state index contributed by atoms with van der Waals surface area (Å²) in [4.78, 5) is 36.3. The second-order valence-electron chi connectivity index (χ2n) is 10.4. The Morgan fingerprint density at radius 2 is 2.00 bits per heavy atom. The van der Waals surface area contributed by atoms with Crippen LogP contribution in [-0.2, 0) is 38.1 Å². The topological polar surface area (TPSA) is 127 Å². The Hall–Kier alpha value is -1.97. The molecule has 2 spiro atoms. The average Bonchev–Trinajstić information content (AvgIpc) is 3.60. The van der Waals surface area contributed by atoms with Gasteiger partial charge in [0.1, 0.15) is 24.4 Å². The van der Waals surface area contributed by atoms with Gasteiger partial charge in [0.2, 0.25) is 0 Å². The smallest absolute Gasteiger partial charge is 0.334 e. The van der Waals surface area contributed by atoms with E-state index in [0.717, 1.165) is 17.6 Å². The first-order valence-electron chi connectivity index (χ1n) is 11.0. The number of carboxylic acid groups (broad SMARTS) is 1. The van der Waals surface area contributed by atoms with Crippen LogP contribution < -0.4 is 0 Å². The van der Waals surface area contributed by atoms with Gasteiger partial charge in [0.15, 0.2) is 17.3 Å². The molecule has 3 saturated heterocycles. The first kappa shape index (κ1) is 18.6. The molecule has 4 aliphatic heterocycles. The van der Waals surface area contributed by atoms with Crippen molar-refractivity contribution in [1.82, 2.24) is 0 Å². The van der Waals surface area contributed by atoms with Crippen LogP contribution in [-0.4, -0.2) is 70.8 Å². The molecule has 0 bridgehead atoms. The Balaban J connectivity index is 1.37. The summed E-state index contributed by atoms with van der Waals surface area (Å²) in [7, 11) is 0. The Bertz CT molecular complexity index is 1020. The molecule has 7 rings (SSSR count). The molecule has 0 aromatic carbocycles. The van der Waals surface area contributed by atoms with Gasteiger partial charge in [-0.15, -0.1) is 0 Å². The summed E-state index contributed by atoms with van der Waals surface area (Å²) < 4.78 is 30.2. The summed E-state index contributed by atoms with van der Waals surface area (Å²) in [5.74, 6) is -2.54. The highest BCUT2D eigenvalue weighted by molar-refractivity contribution is 5.92. The van der Waals surface area contributed by atoms with Gasteiger partial charge in [-0.05, 0) is 37.7 Å². The number of hydrogen-bond donors (Lipinski definition) is 1. The van der Waals surface area contributed by atoms with Crippen molar-refractivity contribution in [2.75, 3.05) is 6.61 Å². The van der Waals surface area contributed by atoms with Gasteiger partial charge in [-0.3, -0.25) is 9.59 Å². The maximum Gasteiger partial charge on any atom is 0.334 e. The van der Waals surface area contributed by atoms with E-state index < -0.39 is 46.9 Å². The van der Waals surface area contributed by atoms with E-state index >= 15 is 0 Å². The summed E-state index contributed by atoms with van der Waals surface area (Å²) in [5, 5.41) is 9.78. The fourth-order valence-corrected chi connectivity index (χ4v) is 8.01. The molecule has 1 unspecified atom stereocenters. The van der Waals surface area contributed by atoms with Gasteiger partial charge in [-0.25, -0.2) is 4.79 Å². The summed E-state index contributed by atoms with van der Waals surface area (Å²) in [6.45, 7) is 5.39. The van der Waals surface area contributed by atoms with Gasteiger partial charge in [-0.2, -0.15) is 0 Å². The van der Waals surface area contributed by atoms with Crippen molar-refractivity contribution < 1.29 is 43.2 Å². The quantitative estimate of drug-likeness (QED) is 0.507. The van der Waals surface area contributed by atoms with Crippen molar-refractivity contribution in [3.63, 3.8) is 0 Å². The molecule has 1 N–H and O–H groups in total. The first-order chi connectivity index (χ1) is 14.6. The van der Waals surface area contributed by atoms with E-state index in [4.69, 9.17) is 23.7 Å². The van der Waals surface area contributed by atoms with Gasteiger partial charge in [0, 0.05) is 17.9 Å². The molecule has 10 atom stereocenters. The van der Waals surface area contributed by atoms with Crippen LogP contribution in [0, 0.1) is 17.3 Å². The van der Waals surface area contributed by atoms with Crippen LogP contribution in [0.3, 0.4) is 0 Å². The van der Waals surface area contributed by atoms with Gasteiger partial charge in [0.25, 0.3) is 0 Å². The molecule has 0 amide bonds. The lowest BCUT2D eigenvalue weighted by atomic mass is 9.46. The molecule has 0 aromatic heterocycles. The van der Waals surface area contributed by atoms with Crippen molar-refractivity contribution in [3.8, 4) is 0 Å². The van der Waals surface area contributed by atoms with E-state index in [9.17, 15) is 19.5 Å². The number of carbonyl (C=O) groups is 3. The van der Waals surface area contributed by atoms with Gasteiger partial charge in [-0.1, -0.05) is 6.92 Å². The largest absolute Gasteiger partial charge is 0.481 e. The maximum absolute atomic E-state index is 12.2. The Kier molecular flexibility index (Phi) is 3.00. The van der Waals surface area contributed by atoms with E-state index in [1.807, 2.05) is 0 Å². The number of carboxylic acids is 1. The third kappa shape index (κ3) is 1.69. The number of fused-ring (bicyclic) bond motifs is 4. The minimum absolute atomic E-state index is 0.0643. The summed E-state index contributed by atoms with van der Waals surface area (Å²) in [5.41, 5.74) is -1.34. The van der Waals surface area contributed by atoms with Crippen molar-refractivity contribution in [2.45, 2.75) is 81.3 Å². The number of carbonyl (C=O) groups excluding carboxylic acids is 2. The molecule has 4 heterocycles. The predicted molar refractivity (Wildman–Crippen MR) is 98.6 cm³/mol. The molecule has 0 radical (unpaired) electrons. The highest BCUT2D eigenvalue weighted by Crippen LogP contribution is 2.83. The van der Waals surface area contributed by atoms with Gasteiger partial charge in [0.05, 0.1) is 12.0 Å². The summed E-state index contributed by atoms with van der Waals surface area (Å²) >= 11 is 0. The average molecular weight is 432 g/mol. The number of epoxide rings is 3. The monoisotopic (exact) mass is 432 g/mol. The predicted octanol–water partition coefficient (Wildman–Crippen LogP) is 0.739. The van der Waals surface area contributed by atoms with Crippen LogP contribution in [0.5, 0.6) is 0 Å². The lowest BCUT2D eigenvalue weighted by Gasteiger charge is -2.53. The third-order valence-corrected chi connectivity index (χ3v) is 9.49. The van der Waals surface area contributed by atoms with E-state index in [0.29, 0.717) is 19.4 Å². The second kappa shape index (κ2) is 5.00. The van der Waals surface area contributed by atoms with Crippen molar-refractivity contribution >= 4 is 17.9 Å². The fourth-order valence-electron chi connectivity index (χ4n) is 8.01. The number of aliphatic carboxylic acids is 1. The van der Waals surface area contributed by atoms with E-state index in [1.165, 1.54) is 6.92 Å². The normalized spacial score (nSPS) is 55.3. The van der Waals surface area contributed by atoms with Crippen LogP contribution in [0.2, 0.25) is 0 Å². The third-order valence-electron chi connectivity index (χ3n) is 9.49. The zero-order valence-electron chi connectivity index (χ0n) is 17.5. The molecule has 0 aromatic rings. The molecule has 9 nitrogen and oxygen atoms in total. The molecule has 166 valence electrons. The first-order valence-corrected chi connectivity index (χ1v) is 11.0. The summed E-state index contributed by atoms with van der Waals surface area (Å²) in [6, 6.07) is 0. The second-order valence-corrected chi connectivity index (χ2v) is 10.4. The molecule has 3 aliphatic carbocycles. The molecule has 2 saturated carbocycles. The number of ether oxygens (including phenoxy) is 5. The molecule has 31 heavy (non-hydrogen) atoms. The van der Waals surface area contributed by atoms with Crippen molar-refractivity contribution in [1.29, 1.82) is 0 Å². The number of rotatable bonds is 3. The highest BCUT2D eigenvalue weighted by Gasteiger charge is 3.01. The van der Waals surface area contributed by atoms with Gasteiger partial charge >= 0.3 is 17.9 Å².